The van der Waals surface area contributed by atoms with Gasteiger partial charge in [0.05, 0.1) is 0 Å². The third kappa shape index (κ3) is 4.30. The second-order valence-electron chi connectivity index (χ2n) is 5.23. The molecule has 2 nitrogen and oxygen atoms in total. The van der Waals surface area contributed by atoms with E-state index in [1.54, 1.807) is 0 Å². The number of hydrogen-bond acceptors (Lipinski definition) is 2. The van der Waals surface area contributed by atoms with Crippen LogP contribution in [0.2, 0.25) is 0 Å². The van der Waals surface area contributed by atoms with E-state index in [9.17, 15) is 4.39 Å². The van der Waals surface area contributed by atoms with Crippen molar-refractivity contribution in [3.63, 3.8) is 0 Å². The summed E-state index contributed by atoms with van der Waals surface area (Å²) in [5.74, 6) is 0.312. The molecule has 0 spiro atoms. The van der Waals surface area contributed by atoms with Gasteiger partial charge in [0.25, 0.3) is 0 Å². The number of rotatable bonds is 6. The molecule has 0 heterocycles. The molecule has 2 aromatic carbocycles. The van der Waals surface area contributed by atoms with Crippen molar-refractivity contribution in [2.75, 3.05) is 6.54 Å². The molecule has 0 unspecified atom stereocenters. The SMILES string of the molecule is CCNCc1cc(F)cc(OCc2c(C)cccc2C)c1. The van der Waals surface area contributed by atoms with Crippen molar-refractivity contribution in [1.82, 2.24) is 5.32 Å². The zero-order chi connectivity index (χ0) is 15.2. The Labute approximate surface area is 126 Å². The predicted octanol–water partition coefficient (Wildman–Crippen LogP) is 4.13. The molecule has 0 bridgehead atoms. The minimum Gasteiger partial charge on any atom is -0.489 e. The van der Waals surface area contributed by atoms with Crippen LogP contribution in [0.15, 0.2) is 36.4 Å². The zero-order valence-electron chi connectivity index (χ0n) is 12.9. The molecule has 0 saturated heterocycles. The van der Waals surface area contributed by atoms with Crippen molar-refractivity contribution >= 4 is 0 Å². The van der Waals surface area contributed by atoms with Gasteiger partial charge in [0.2, 0.25) is 0 Å². The largest absolute Gasteiger partial charge is 0.489 e. The van der Waals surface area contributed by atoms with Gasteiger partial charge in [-0.25, -0.2) is 4.39 Å². The van der Waals surface area contributed by atoms with Crippen LogP contribution in [-0.2, 0) is 13.2 Å². The molecule has 3 heteroatoms. The van der Waals surface area contributed by atoms with Gasteiger partial charge < -0.3 is 10.1 Å². The molecule has 0 aliphatic heterocycles. The first-order chi connectivity index (χ1) is 10.1. The summed E-state index contributed by atoms with van der Waals surface area (Å²) in [7, 11) is 0. The van der Waals surface area contributed by atoms with Gasteiger partial charge in [-0.1, -0.05) is 25.1 Å². The lowest BCUT2D eigenvalue weighted by Crippen LogP contribution is -2.12. The van der Waals surface area contributed by atoms with Gasteiger partial charge >= 0.3 is 0 Å². The molecule has 112 valence electrons. The summed E-state index contributed by atoms with van der Waals surface area (Å²) in [5.41, 5.74) is 4.45. The van der Waals surface area contributed by atoms with Crippen LogP contribution in [0, 0.1) is 19.7 Å². The van der Waals surface area contributed by atoms with Crippen molar-refractivity contribution in [3.8, 4) is 5.75 Å². The van der Waals surface area contributed by atoms with E-state index in [-0.39, 0.29) is 5.82 Å². The van der Waals surface area contributed by atoms with Crippen LogP contribution < -0.4 is 10.1 Å². The topological polar surface area (TPSA) is 21.3 Å². The maximum absolute atomic E-state index is 13.6. The highest BCUT2D eigenvalue weighted by molar-refractivity contribution is 5.34. The molecule has 0 aliphatic rings. The van der Waals surface area contributed by atoms with E-state index >= 15 is 0 Å². The molecule has 0 saturated carbocycles. The number of benzene rings is 2. The fourth-order valence-corrected chi connectivity index (χ4v) is 2.31. The number of halogens is 1. The van der Waals surface area contributed by atoms with Crippen molar-refractivity contribution in [1.29, 1.82) is 0 Å². The van der Waals surface area contributed by atoms with E-state index in [4.69, 9.17) is 4.74 Å². The molecule has 0 aromatic heterocycles. The average Bonchev–Trinajstić information content (AvgIpc) is 2.44. The van der Waals surface area contributed by atoms with Gasteiger partial charge in [0.15, 0.2) is 0 Å². The van der Waals surface area contributed by atoms with E-state index in [0.717, 1.165) is 17.7 Å². The Kier molecular flexibility index (Phi) is 5.34. The van der Waals surface area contributed by atoms with Crippen LogP contribution in [0.5, 0.6) is 5.75 Å². The fourth-order valence-electron chi connectivity index (χ4n) is 2.31. The third-order valence-corrected chi connectivity index (χ3v) is 3.54. The summed E-state index contributed by atoms with van der Waals surface area (Å²) >= 11 is 0. The molecular weight excluding hydrogens is 265 g/mol. The molecule has 2 rings (SSSR count). The van der Waals surface area contributed by atoms with Crippen molar-refractivity contribution in [2.45, 2.75) is 33.9 Å². The number of ether oxygens (including phenoxy) is 1. The predicted molar refractivity (Wildman–Crippen MR) is 84.0 cm³/mol. The molecule has 21 heavy (non-hydrogen) atoms. The smallest absolute Gasteiger partial charge is 0.127 e. The molecule has 2 aromatic rings. The quantitative estimate of drug-likeness (QED) is 0.862. The third-order valence-electron chi connectivity index (χ3n) is 3.54. The molecule has 0 amide bonds. The molecule has 0 atom stereocenters. The summed E-state index contributed by atoms with van der Waals surface area (Å²) in [6.07, 6.45) is 0. The Balaban J connectivity index is 2.11. The molecule has 0 radical (unpaired) electrons. The van der Waals surface area contributed by atoms with Gasteiger partial charge in [-0.15, -0.1) is 0 Å². The van der Waals surface area contributed by atoms with E-state index < -0.39 is 0 Å². The molecule has 0 aliphatic carbocycles. The summed E-state index contributed by atoms with van der Waals surface area (Å²) in [6, 6.07) is 11.0. The van der Waals surface area contributed by atoms with Gasteiger partial charge in [0.1, 0.15) is 18.2 Å². The van der Waals surface area contributed by atoms with Gasteiger partial charge in [-0.2, -0.15) is 0 Å². The lowest BCUT2D eigenvalue weighted by atomic mass is 10.0. The molecule has 1 N–H and O–H groups in total. The molecular formula is C18H22FNO. The number of nitrogens with one attached hydrogen (secondary N) is 1. The minimum absolute atomic E-state index is 0.262. The highest BCUT2D eigenvalue weighted by Crippen LogP contribution is 2.20. The van der Waals surface area contributed by atoms with Gasteiger partial charge in [-0.3, -0.25) is 0 Å². The zero-order valence-corrected chi connectivity index (χ0v) is 12.9. The standard InChI is InChI=1S/C18H22FNO/c1-4-20-11-15-8-16(19)10-17(9-15)21-12-18-13(2)6-5-7-14(18)3/h5-10,20H,4,11-12H2,1-3H3. The first-order valence-electron chi connectivity index (χ1n) is 7.28. The van der Waals surface area contributed by atoms with Gasteiger partial charge in [0, 0.05) is 12.6 Å². The van der Waals surface area contributed by atoms with Crippen LogP contribution in [0.4, 0.5) is 4.39 Å². The normalized spacial score (nSPS) is 10.7. The number of aryl methyl sites for hydroxylation is 2. The summed E-state index contributed by atoms with van der Waals surface area (Å²) in [5, 5.41) is 3.19. The Bertz CT molecular complexity index is 590. The Hall–Kier alpha value is -1.87. The van der Waals surface area contributed by atoms with Crippen LogP contribution in [0.1, 0.15) is 29.2 Å². The lowest BCUT2D eigenvalue weighted by Gasteiger charge is -2.12. The van der Waals surface area contributed by atoms with Crippen molar-refractivity contribution in [2.24, 2.45) is 0 Å². The first kappa shape index (κ1) is 15.5. The Morgan fingerprint density at radius 1 is 1.10 bits per heavy atom. The van der Waals surface area contributed by atoms with E-state index in [2.05, 4.69) is 31.3 Å². The Morgan fingerprint density at radius 3 is 2.48 bits per heavy atom. The highest BCUT2D eigenvalue weighted by atomic mass is 19.1. The molecule has 0 fully saturated rings. The Morgan fingerprint density at radius 2 is 1.81 bits per heavy atom. The van der Waals surface area contributed by atoms with E-state index in [1.807, 2.05) is 19.1 Å². The van der Waals surface area contributed by atoms with Crippen LogP contribution in [0.3, 0.4) is 0 Å². The van der Waals surface area contributed by atoms with Crippen molar-refractivity contribution < 1.29 is 9.13 Å². The summed E-state index contributed by atoms with van der Waals surface area (Å²) in [6.45, 7) is 8.12. The van der Waals surface area contributed by atoms with Crippen molar-refractivity contribution in [3.05, 3.63) is 64.5 Å². The van der Waals surface area contributed by atoms with E-state index in [0.29, 0.717) is 18.9 Å². The lowest BCUT2D eigenvalue weighted by molar-refractivity contribution is 0.302. The minimum atomic E-state index is -0.262. The van der Waals surface area contributed by atoms with Gasteiger partial charge in [-0.05, 0) is 54.8 Å². The second kappa shape index (κ2) is 7.23. The fraction of sp³-hybridized carbons (Fsp3) is 0.333. The maximum atomic E-state index is 13.6. The number of hydrogen-bond donors (Lipinski definition) is 1. The maximum Gasteiger partial charge on any atom is 0.127 e. The van der Waals surface area contributed by atoms with Crippen LogP contribution in [-0.4, -0.2) is 6.54 Å². The summed E-state index contributed by atoms with van der Waals surface area (Å²) < 4.78 is 19.4. The monoisotopic (exact) mass is 287 g/mol. The highest BCUT2D eigenvalue weighted by Gasteiger charge is 2.05. The van der Waals surface area contributed by atoms with E-state index in [1.165, 1.54) is 23.3 Å². The van der Waals surface area contributed by atoms with Crippen LogP contribution in [0.25, 0.3) is 0 Å². The summed E-state index contributed by atoms with van der Waals surface area (Å²) in [4.78, 5) is 0. The second-order valence-corrected chi connectivity index (χ2v) is 5.23. The first-order valence-corrected chi connectivity index (χ1v) is 7.28. The average molecular weight is 287 g/mol. The van der Waals surface area contributed by atoms with Crippen LogP contribution >= 0.6 is 0 Å².